The van der Waals surface area contributed by atoms with Gasteiger partial charge in [-0.1, -0.05) is 24.3 Å². The van der Waals surface area contributed by atoms with Gasteiger partial charge in [0.25, 0.3) is 5.91 Å². The van der Waals surface area contributed by atoms with E-state index in [1.807, 2.05) is 55.5 Å². The van der Waals surface area contributed by atoms with Gasteiger partial charge < -0.3 is 15.2 Å². The number of amides is 1. The molecular weight excluding hydrogens is 338 g/mol. The summed E-state index contributed by atoms with van der Waals surface area (Å²) in [6, 6.07) is 15.1. The van der Waals surface area contributed by atoms with Gasteiger partial charge in [-0.05, 0) is 42.3 Å². The van der Waals surface area contributed by atoms with Crippen molar-refractivity contribution >= 4 is 29.3 Å². The van der Waals surface area contributed by atoms with Crippen molar-refractivity contribution in [2.75, 3.05) is 17.7 Å². The third kappa shape index (κ3) is 7.30. The topological polar surface area (TPSA) is 75.6 Å². The molecule has 0 aromatic heterocycles. The lowest BCUT2D eigenvalue weighted by molar-refractivity contribution is -0.136. The van der Waals surface area contributed by atoms with Gasteiger partial charge in [-0.3, -0.25) is 9.59 Å². The molecule has 0 aliphatic rings. The number of nitrogens with one attached hydrogen (secondary N) is 1. The van der Waals surface area contributed by atoms with Crippen LogP contribution in [0.4, 0.5) is 5.69 Å². The second kappa shape index (κ2) is 9.74. The summed E-state index contributed by atoms with van der Waals surface area (Å²) in [7, 11) is 0. The molecule has 1 amide bonds. The van der Waals surface area contributed by atoms with Gasteiger partial charge in [-0.15, -0.1) is 0 Å². The van der Waals surface area contributed by atoms with Crippen LogP contribution in [0.3, 0.4) is 0 Å². The van der Waals surface area contributed by atoms with Gasteiger partial charge in [0.05, 0.1) is 6.42 Å². The van der Waals surface area contributed by atoms with Crippen LogP contribution in [0.2, 0.25) is 0 Å². The van der Waals surface area contributed by atoms with Gasteiger partial charge in [0.15, 0.2) is 6.61 Å². The molecule has 2 aromatic carbocycles. The number of aliphatic carboxylic acids is 1. The van der Waals surface area contributed by atoms with Gasteiger partial charge in [-0.2, -0.15) is 11.8 Å². The quantitative estimate of drug-likeness (QED) is 0.668. The van der Waals surface area contributed by atoms with E-state index in [4.69, 9.17) is 9.84 Å². The molecular formula is C19H21NO4S. The van der Waals surface area contributed by atoms with Gasteiger partial charge in [0, 0.05) is 17.2 Å². The molecule has 0 saturated heterocycles. The first-order valence-electron chi connectivity index (χ1n) is 7.91. The average molecular weight is 359 g/mol. The minimum atomic E-state index is -0.790. The second-order valence-electron chi connectivity index (χ2n) is 5.55. The van der Waals surface area contributed by atoms with E-state index >= 15 is 0 Å². The largest absolute Gasteiger partial charge is 0.484 e. The number of ether oxygens (including phenoxy) is 1. The van der Waals surface area contributed by atoms with E-state index in [9.17, 15) is 9.59 Å². The van der Waals surface area contributed by atoms with Crippen molar-refractivity contribution in [1.82, 2.24) is 0 Å². The SMILES string of the molecule is Cc1cccc(OCC(=O)Nc2cccc(CSCCC(=O)O)c2)c1. The molecule has 0 bridgehead atoms. The molecule has 0 saturated carbocycles. The van der Waals surface area contributed by atoms with Crippen molar-refractivity contribution in [3.8, 4) is 5.75 Å². The second-order valence-corrected chi connectivity index (χ2v) is 6.66. The first-order chi connectivity index (χ1) is 12.0. The average Bonchev–Trinajstić information content (AvgIpc) is 2.57. The fourth-order valence-electron chi connectivity index (χ4n) is 2.14. The molecule has 2 aromatic rings. The van der Waals surface area contributed by atoms with Crippen LogP contribution in [0, 0.1) is 6.92 Å². The van der Waals surface area contributed by atoms with E-state index in [2.05, 4.69) is 5.32 Å². The van der Waals surface area contributed by atoms with E-state index in [1.165, 1.54) is 0 Å². The number of hydrogen-bond acceptors (Lipinski definition) is 4. The number of benzene rings is 2. The van der Waals surface area contributed by atoms with Crippen LogP contribution in [0.5, 0.6) is 5.75 Å². The number of anilines is 1. The maximum Gasteiger partial charge on any atom is 0.304 e. The van der Waals surface area contributed by atoms with Crippen LogP contribution in [0.25, 0.3) is 0 Å². The molecule has 0 aliphatic carbocycles. The highest BCUT2D eigenvalue weighted by molar-refractivity contribution is 7.98. The summed E-state index contributed by atoms with van der Waals surface area (Å²) in [6.07, 6.45) is 0.150. The monoisotopic (exact) mass is 359 g/mol. The molecule has 2 rings (SSSR count). The zero-order valence-electron chi connectivity index (χ0n) is 14.0. The fourth-order valence-corrected chi connectivity index (χ4v) is 3.02. The lowest BCUT2D eigenvalue weighted by Gasteiger charge is -2.09. The Balaban J connectivity index is 1.80. The number of thioether (sulfide) groups is 1. The number of aryl methyl sites for hydroxylation is 1. The molecule has 25 heavy (non-hydrogen) atoms. The van der Waals surface area contributed by atoms with E-state index < -0.39 is 5.97 Å². The molecule has 6 heteroatoms. The summed E-state index contributed by atoms with van der Waals surface area (Å²) in [5, 5.41) is 11.4. The van der Waals surface area contributed by atoms with Crippen molar-refractivity contribution in [2.45, 2.75) is 19.1 Å². The molecule has 132 valence electrons. The Morgan fingerprint density at radius 3 is 2.72 bits per heavy atom. The molecule has 0 fully saturated rings. The Morgan fingerprint density at radius 2 is 1.96 bits per heavy atom. The highest BCUT2D eigenvalue weighted by Gasteiger charge is 2.05. The third-order valence-electron chi connectivity index (χ3n) is 3.30. The van der Waals surface area contributed by atoms with Crippen LogP contribution in [0.1, 0.15) is 17.5 Å². The maximum atomic E-state index is 12.0. The summed E-state index contributed by atoms with van der Waals surface area (Å²) in [5.41, 5.74) is 2.81. The number of carboxylic acid groups (broad SMARTS) is 1. The van der Waals surface area contributed by atoms with E-state index in [0.717, 1.165) is 11.1 Å². The maximum absolute atomic E-state index is 12.0. The van der Waals surface area contributed by atoms with Crippen molar-refractivity contribution in [3.05, 3.63) is 59.7 Å². The predicted octanol–water partition coefficient (Wildman–Crippen LogP) is 3.72. The molecule has 2 N–H and O–H groups in total. The molecule has 0 aliphatic heterocycles. The lowest BCUT2D eigenvalue weighted by atomic mass is 10.2. The molecule has 0 radical (unpaired) electrons. The van der Waals surface area contributed by atoms with Crippen LogP contribution < -0.4 is 10.1 Å². The van der Waals surface area contributed by atoms with E-state index in [0.29, 0.717) is 22.9 Å². The minimum absolute atomic E-state index is 0.0545. The molecule has 0 unspecified atom stereocenters. The van der Waals surface area contributed by atoms with Crippen LogP contribution in [-0.4, -0.2) is 29.3 Å². The third-order valence-corrected chi connectivity index (χ3v) is 4.33. The van der Waals surface area contributed by atoms with Gasteiger partial charge >= 0.3 is 5.97 Å². The van der Waals surface area contributed by atoms with Crippen molar-refractivity contribution in [3.63, 3.8) is 0 Å². The normalized spacial score (nSPS) is 10.3. The lowest BCUT2D eigenvalue weighted by Crippen LogP contribution is -2.20. The Morgan fingerprint density at radius 1 is 1.16 bits per heavy atom. The van der Waals surface area contributed by atoms with Crippen LogP contribution >= 0.6 is 11.8 Å². The first kappa shape index (κ1) is 18.9. The summed E-state index contributed by atoms with van der Waals surface area (Å²) < 4.78 is 5.48. The van der Waals surface area contributed by atoms with Gasteiger partial charge in [-0.25, -0.2) is 0 Å². The number of carbonyl (C=O) groups is 2. The molecule has 0 heterocycles. The summed E-state index contributed by atoms with van der Waals surface area (Å²) in [5.74, 6) is 0.922. The Hall–Kier alpha value is -2.47. The van der Waals surface area contributed by atoms with Crippen molar-refractivity contribution in [1.29, 1.82) is 0 Å². The summed E-state index contributed by atoms with van der Waals surface area (Å²) >= 11 is 1.55. The number of rotatable bonds is 9. The van der Waals surface area contributed by atoms with Gasteiger partial charge in [0.2, 0.25) is 0 Å². The van der Waals surface area contributed by atoms with E-state index in [1.54, 1.807) is 11.8 Å². The summed E-state index contributed by atoms with van der Waals surface area (Å²) in [6.45, 7) is 1.91. The van der Waals surface area contributed by atoms with Crippen LogP contribution in [-0.2, 0) is 15.3 Å². The smallest absolute Gasteiger partial charge is 0.304 e. The molecule has 0 atom stereocenters. The number of carbonyl (C=O) groups excluding carboxylic acids is 1. The highest BCUT2D eigenvalue weighted by atomic mass is 32.2. The number of hydrogen-bond donors (Lipinski definition) is 2. The summed E-state index contributed by atoms with van der Waals surface area (Å²) in [4.78, 5) is 22.5. The zero-order valence-corrected chi connectivity index (χ0v) is 14.8. The standard InChI is InChI=1S/C19H21NO4S/c1-14-4-2-7-17(10-14)24-12-18(21)20-16-6-3-5-15(11-16)13-25-9-8-19(22)23/h2-7,10-11H,8-9,12-13H2,1H3,(H,20,21)(H,22,23). The first-order valence-corrected chi connectivity index (χ1v) is 9.06. The fraction of sp³-hybridized carbons (Fsp3) is 0.263. The van der Waals surface area contributed by atoms with E-state index in [-0.39, 0.29) is 18.9 Å². The minimum Gasteiger partial charge on any atom is -0.484 e. The Kier molecular flexibility index (Phi) is 7.35. The Bertz CT molecular complexity index is 733. The Labute approximate surface area is 151 Å². The molecule has 0 spiro atoms. The van der Waals surface area contributed by atoms with Crippen molar-refractivity contribution < 1.29 is 19.4 Å². The molecule has 5 nitrogen and oxygen atoms in total. The number of carboxylic acids is 1. The van der Waals surface area contributed by atoms with Crippen LogP contribution in [0.15, 0.2) is 48.5 Å². The van der Waals surface area contributed by atoms with Gasteiger partial charge in [0.1, 0.15) is 5.75 Å². The predicted molar refractivity (Wildman–Crippen MR) is 100 cm³/mol. The zero-order chi connectivity index (χ0) is 18.1. The van der Waals surface area contributed by atoms with Crippen molar-refractivity contribution in [2.24, 2.45) is 0 Å². The highest BCUT2D eigenvalue weighted by Crippen LogP contribution is 2.17.